The van der Waals surface area contributed by atoms with Crippen molar-refractivity contribution in [1.29, 1.82) is 0 Å². The van der Waals surface area contributed by atoms with E-state index in [1.807, 2.05) is 18.2 Å². The van der Waals surface area contributed by atoms with Crippen molar-refractivity contribution >= 4 is 40.9 Å². The number of hydrogen-bond acceptors (Lipinski definition) is 5. The topological polar surface area (TPSA) is 84.6 Å². The third kappa shape index (κ3) is 2.50. The van der Waals surface area contributed by atoms with Crippen LogP contribution in [0.2, 0.25) is 0 Å². The van der Waals surface area contributed by atoms with Gasteiger partial charge in [0.2, 0.25) is 16.7 Å². The molecule has 156 valence electrons. The van der Waals surface area contributed by atoms with E-state index in [4.69, 9.17) is 0 Å². The highest BCUT2D eigenvalue weighted by atomic mass is 32.2. The van der Waals surface area contributed by atoms with Gasteiger partial charge < -0.3 is 0 Å². The molecule has 1 fully saturated rings. The zero-order chi connectivity index (χ0) is 21.9. The molecule has 1 unspecified atom stereocenters. The van der Waals surface area contributed by atoms with Crippen LogP contribution < -0.4 is 15.4 Å². The summed E-state index contributed by atoms with van der Waals surface area (Å²) in [6, 6.07) is 15.9. The number of nitrogens with zero attached hydrogens (tertiary/aromatic N) is 4. The number of aromatic nitrogens is 2. The van der Waals surface area contributed by atoms with Crippen molar-refractivity contribution in [3.63, 3.8) is 0 Å². The van der Waals surface area contributed by atoms with Crippen LogP contribution in [0.3, 0.4) is 0 Å². The highest BCUT2D eigenvalue weighted by molar-refractivity contribution is 8.02. The molecule has 1 atom stereocenters. The second kappa shape index (κ2) is 6.71. The monoisotopic (exact) mass is 434 g/mol. The standard InChI is InChI=1S/C22H18N4O4S/c1-14(27)24-17-11-7-6-10-16(17)22(21(24)30)25(19(28)13-31-22)18-12-23(2)26(20(18)29)15-8-4-3-5-9-15/h3-12H,13H2,1-2H3. The first-order chi connectivity index (χ1) is 14.9. The zero-order valence-corrected chi connectivity index (χ0v) is 17.6. The summed E-state index contributed by atoms with van der Waals surface area (Å²) in [4.78, 5) is 53.3. The number of thioether (sulfide) groups is 1. The van der Waals surface area contributed by atoms with Gasteiger partial charge in [-0.25, -0.2) is 9.58 Å². The maximum absolute atomic E-state index is 13.6. The van der Waals surface area contributed by atoms with Crippen molar-refractivity contribution in [2.45, 2.75) is 11.8 Å². The van der Waals surface area contributed by atoms with Crippen molar-refractivity contribution in [3.8, 4) is 5.69 Å². The highest BCUT2D eigenvalue weighted by Gasteiger charge is 2.62. The molecular weight excluding hydrogens is 416 g/mol. The van der Waals surface area contributed by atoms with Gasteiger partial charge >= 0.3 is 0 Å². The maximum Gasteiger partial charge on any atom is 0.295 e. The molecule has 1 spiro atoms. The van der Waals surface area contributed by atoms with E-state index in [9.17, 15) is 19.2 Å². The van der Waals surface area contributed by atoms with E-state index in [0.29, 0.717) is 16.9 Å². The second-order valence-corrected chi connectivity index (χ2v) is 8.55. The summed E-state index contributed by atoms with van der Waals surface area (Å²) >= 11 is 1.13. The molecule has 1 saturated heterocycles. The Balaban J connectivity index is 1.75. The number of hydrogen-bond donors (Lipinski definition) is 0. The van der Waals surface area contributed by atoms with Crippen molar-refractivity contribution in [2.24, 2.45) is 7.05 Å². The Kier molecular flexibility index (Phi) is 4.19. The van der Waals surface area contributed by atoms with Crippen LogP contribution in [0.15, 0.2) is 65.6 Å². The van der Waals surface area contributed by atoms with Crippen LogP contribution >= 0.6 is 11.8 Å². The van der Waals surface area contributed by atoms with Gasteiger partial charge in [-0.3, -0.25) is 28.8 Å². The molecule has 9 heteroatoms. The Bertz CT molecular complexity index is 1310. The molecule has 1 aromatic heterocycles. The van der Waals surface area contributed by atoms with Gasteiger partial charge in [0.1, 0.15) is 5.69 Å². The third-order valence-corrected chi connectivity index (χ3v) is 6.95. The number of fused-ring (bicyclic) bond motifs is 2. The number of carbonyl (C=O) groups excluding carboxylic acids is 3. The summed E-state index contributed by atoms with van der Waals surface area (Å²) in [7, 11) is 1.70. The molecule has 0 aliphatic carbocycles. The summed E-state index contributed by atoms with van der Waals surface area (Å²) in [6.07, 6.45) is 1.55. The lowest BCUT2D eigenvalue weighted by atomic mass is 10.1. The number of carbonyl (C=O) groups is 3. The quantitative estimate of drug-likeness (QED) is 0.616. The number of rotatable bonds is 2. The molecule has 2 aliphatic rings. The molecule has 3 heterocycles. The number of imide groups is 1. The van der Waals surface area contributed by atoms with E-state index >= 15 is 0 Å². The van der Waals surface area contributed by atoms with E-state index in [0.717, 1.165) is 16.7 Å². The van der Waals surface area contributed by atoms with Crippen molar-refractivity contribution in [1.82, 2.24) is 9.36 Å². The molecule has 2 aliphatic heterocycles. The first kappa shape index (κ1) is 19.4. The van der Waals surface area contributed by atoms with Gasteiger partial charge in [-0.1, -0.05) is 36.4 Å². The Morgan fingerprint density at radius 2 is 1.65 bits per heavy atom. The first-order valence-corrected chi connectivity index (χ1v) is 10.6. The van der Waals surface area contributed by atoms with Crippen LogP contribution in [-0.4, -0.2) is 32.8 Å². The van der Waals surface area contributed by atoms with E-state index < -0.39 is 22.2 Å². The van der Waals surface area contributed by atoms with Gasteiger partial charge in [-0.15, -0.1) is 11.8 Å². The lowest BCUT2D eigenvalue weighted by Gasteiger charge is -2.31. The number of benzene rings is 2. The summed E-state index contributed by atoms with van der Waals surface area (Å²) in [5.41, 5.74) is 1.27. The van der Waals surface area contributed by atoms with Gasteiger partial charge in [0.05, 0.1) is 23.3 Å². The molecule has 0 N–H and O–H groups in total. The van der Waals surface area contributed by atoms with Crippen LogP contribution in [0.4, 0.5) is 11.4 Å². The predicted molar refractivity (Wildman–Crippen MR) is 117 cm³/mol. The average molecular weight is 434 g/mol. The van der Waals surface area contributed by atoms with Crippen LogP contribution in [0.1, 0.15) is 12.5 Å². The lowest BCUT2D eigenvalue weighted by Crippen LogP contribution is -2.51. The molecule has 0 saturated carbocycles. The Morgan fingerprint density at radius 3 is 2.35 bits per heavy atom. The minimum Gasteiger partial charge on any atom is -0.286 e. The van der Waals surface area contributed by atoms with Crippen LogP contribution in [-0.2, 0) is 26.3 Å². The normalized spacial score (nSPS) is 20.1. The van der Waals surface area contributed by atoms with Crippen LogP contribution in [0.5, 0.6) is 0 Å². The van der Waals surface area contributed by atoms with E-state index in [1.165, 1.54) is 16.5 Å². The minimum atomic E-state index is -1.49. The molecule has 0 bridgehead atoms. The Labute approximate surface area is 181 Å². The van der Waals surface area contributed by atoms with Gasteiger partial charge in [0, 0.05) is 19.5 Å². The van der Waals surface area contributed by atoms with E-state index in [2.05, 4.69) is 0 Å². The van der Waals surface area contributed by atoms with Gasteiger partial charge in [0.25, 0.3) is 11.5 Å². The summed E-state index contributed by atoms with van der Waals surface area (Å²) in [5, 5.41) is 0. The molecule has 0 radical (unpaired) electrons. The van der Waals surface area contributed by atoms with Gasteiger partial charge in [-0.2, -0.15) is 0 Å². The Morgan fingerprint density at radius 1 is 0.968 bits per heavy atom. The zero-order valence-electron chi connectivity index (χ0n) is 16.8. The van der Waals surface area contributed by atoms with Crippen molar-refractivity contribution in [3.05, 3.63) is 76.7 Å². The Hall–Kier alpha value is -3.59. The van der Waals surface area contributed by atoms with Crippen molar-refractivity contribution in [2.75, 3.05) is 15.6 Å². The van der Waals surface area contributed by atoms with Crippen LogP contribution in [0, 0.1) is 0 Å². The fraction of sp³-hybridized carbons (Fsp3) is 0.182. The summed E-state index contributed by atoms with van der Waals surface area (Å²) < 4.78 is 3.03. The molecule has 31 heavy (non-hydrogen) atoms. The number of para-hydroxylation sites is 2. The van der Waals surface area contributed by atoms with E-state index in [-0.39, 0.29) is 17.3 Å². The predicted octanol–water partition coefficient (Wildman–Crippen LogP) is 2.00. The number of aryl methyl sites for hydroxylation is 1. The van der Waals surface area contributed by atoms with Gasteiger partial charge in [0.15, 0.2) is 0 Å². The second-order valence-electron chi connectivity index (χ2n) is 7.38. The SMILES string of the molecule is CC(=O)N1C(=O)C2(SCC(=O)N2c2cn(C)n(-c3ccccc3)c2=O)c2ccccc21. The number of amides is 3. The highest BCUT2D eigenvalue weighted by Crippen LogP contribution is 2.55. The minimum absolute atomic E-state index is 0.0193. The van der Waals surface area contributed by atoms with Crippen LogP contribution in [0.25, 0.3) is 5.69 Å². The maximum atomic E-state index is 13.6. The third-order valence-electron chi connectivity index (χ3n) is 5.56. The molecular formula is C22H18N4O4S. The largest absolute Gasteiger partial charge is 0.295 e. The molecule has 3 aromatic rings. The summed E-state index contributed by atoms with van der Waals surface area (Å²) in [6.45, 7) is 1.31. The molecule has 8 nitrogen and oxygen atoms in total. The lowest BCUT2D eigenvalue weighted by molar-refractivity contribution is -0.128. The van der Waals surface area contributed by atoms with E-state index in [1.54, 1.807) is 54.3 Å². The first-order valence-electron chi connectivity index (χ1n) is 9.63. The molecule has 2 aromatic carbocycles. The smallest absolute Gasteiger partial charge is 0.286 e. The fourth-order valence-electron chi connectivity index (χ4n) is 4.34. The molecule has 3 amide bonds. The molecule has 5 rings (SSSR count). The van der Waals surface area contributed by atoms with Crippen molar-refractivity contribution < 1.29 is 14.4 Å². The fourth-order valence-corrected chi connectivity index (χ4v) is 5.67. The number of anilines is 2. The summed E-state index contributed by atoms with van der Waals surface area (Å²) in [5.74, 6) is -1.32. The average Bonchev–Trinajstić information content (AvgIpc) is 3.33. The van der Waals surface area contributed by atoms with Gasteiger partial charge in [-0.05, 0) is 18.2 Å².